The van der Waals surface area contributed by atoms with Gasteiger partial charge in [-0.3, -0.25) is 0 Å². The molecule has 1 unspecified atom stereocenters. The van der Waals surface area contributed by atoms with Crippen LogP contribution in [0.4, 0.5) is 0 Å². The third-order valence-corrected chi connectivity index (χ3v) is 4.82. The van der Waals surface area contributed by atoms with Crippen LogP contribution in [-0.2, 0) is 6.42 Å². The van der Waals surface area contributed by atoms with Crippen molar-refractivity contribution in [3.8, 4) is 0 Å². The minimum atomic E-state index is 0.309. The number of hydrogen-bond donors (Lipinski definition) is 3. The fourth-order valence-electron chi connectivity index (χ4n) is 3.60. The molecule has 0 bridgehead atoms. The molecule has 4 N–H and O–H groups in total. The summed E-state index contributed by atoms with van der Waals surface area (Å²) in [6, 6.07) is 16.9. The maximum Gasteiger partial charge on any atom is 0.0458 e. The standard InChI is InChI=1S/C20H21N3/c1-13-17(15-6-3-5-9-20(15)23-13)10-14(11-21)18-12-22-19-8-4-2-7-16(18)19/h2-9,12,14,22-23H,10-11,21H2,1H3. The number of fused-ring (bicyclic) bond motifs is 2. The van der Waals surface area contributed by atoms with E-state index in [9.17, 15) is 0 Å². The van der Waals surface area contributed by atoms with Crippen molar-refractivity contribution in [2.45, 2.75) is 19.3 Å². The predicted octanol–water partition coefficient (Wildman–Crippen LogP) is 4.24. The maximum atomic E-state index is 6.14. The van der Waals surface area contributed by atoms with Gasteiger partial charge in [0.15, 0.2) is 0 Å². The largest absolute Gasteiger partial charge is 0.361 e. The average molecular weight is 303 g/mol. The SMILES string of the molecule is Cc1[nH]c2ccccc2c1CC(CN)c1c[nH]c2ccccc12. The van der Waals surface area contributed by atoms with Crippen LogP contribution in [0.3, 0.4) is 0 Å². The molecule has 3 heteroatoms. The number of aryl methyl sites for hydroxylation is 1. The number of nitrogens with one attached hydrogen (secondary N) is 2. The molecule has 0 saturated carbocycles. The molecule has 116 valence electrons. The van der Waals surface area contributed by atoms with Crippen LogP contribution in [0.1, 0.15) is 22.7 Å². The zero-order valence-corrected chi connectivity index (χ0v) is 13.3. The number of aromatic nitrogens is 2. The van der Waals surface area contributed by atoms with Gasteiger partial charge < -0.3 is 15.7 Å². The lowest BCUT2D eigenvalue weighted by molar-refractivity contribution is 0.699. The molecule has 3 nitrogen and oxygen atoms in total. The molecule has 0 aliphatic heterocycles. The Hall–Kier alpha value is -2.52. The zero-order chi connectivity index (χ0) is 15.8. The van der Waals surface area contributed by atoms with E-state index in [0.29, 0.717) is 12.5 Å². The van der Waals surface area contributed by atoms with Crippen LogP contribution in [0, 0.1) is 6.92 Å². The summed E-state index contributed by atoms with van der Waals surface area (Å²) < 4.78 is 0. The first-order valence-electron chi connectivity index (χ1n) is 8.10. The van der Waals surface area contributed by atoms with E-state index in [-0.39, 0.29) is 0 Å². The normalized spacial score (nSPS) is 13.0. The first-order valence-corrected chi connectivity index (χ1v) is 8.10. The summed E-state index contributed by atoms with van der Waals surface area (Å²) in [5.41, 5.74) is 12.5. The second kappa shape index (κ2) is 5.60. The van der Waals surface area contributed by atoms with Crippen molar-refractivity contribution >= 4 is 21.8 Å². The summed E-state index contributed by atoms with van der Waals surface area (Å²) in [7, 11) is 0. The lowest BCUT2D eigenvalue weighted by Gasteiger charge is -2.15. The Labute approximate surface area is 135 Å². The molecule has 2 aromatic heterocycles. The molecule has 0 aliphatic carbocycles. The van der Waals surface area contributed by atoms with Gasteiger partial charge in [-0.05, 0) is 43.1 Å². The topological polar surface area (TPSA) is 57.6 Å². The van der Waals surface area contributed by atoms with Gasteiger partial charge in [-0.15, -0.1) is 0 Å². The van der Waals surface area contributed by atoms with Gasteiger partial charge in [0.1, 0.15) is 0 Å². The van der Waals surface area contributed by atoms with Crippen molar-refractivity contribution in [1.82, 2.24) is 9.97 Å². The number of benzene rings is 2. The fourth-order valence-corrected chi connectivity index (χ4v) is 3.60. The lowest BCUT2D eigenvalue weighted by Crippen LogP contribution is -2.15. The highest BCUT2D eigenvalue weighted by Gasteiger charge is 2.18. The molecular formula is C20H21N3. The predicted molar refractivity (Wildman–Crippen MR) is 96.8 cm³/mol. The molecule has 0 radical (unpaired) electrons. The van der Waals surface area contributed by atoms with Gasteiger partial charge in [-0.1, -0.05) is 36.4 Å². The van der Waals surface area contributed by atoms with Crippen LogP contribution >= 0.6 is 0 Å². The van der Waals surface area contributed by atoms with Gasteiger partial charge in [0.25, 0.3) is 0 Å². The van der Waals surface area contributed by atoms with Crippen molar-refractivity contribution in [3.63, 3.8) is 0 Å². The summed E-state index contributed by atoms with van der Waals surface area (Å²) in [4.78, 5) is 6.86. The molecule has 0 amide bonds. The van der Waals surface area contributed by atoms with Gasteiger partial charge in [0, 0.05) is 39.6 Å². The summed E-state index contributed by atoms with van der Waals surface area (Å²) in [6.45, 7) is 2.79. The smallest absolute Gasteiger partial charge is 0.0458 e. The highest BCUT2D eigenvalue weighted by atomic mass is 14.7. The van der Waals surface area contributed by atoms with E-state index in [0.717, 1.165) is 6.42 Å². The van der Waals surface area contributed by atoms with Gasteiger partial charge in [0.05, 0.1) is 0 Å². The third-order valence-electron chi connectivity index (χ3n) is 4.82. The van der Waals surface area contributed by atoms with E-state index in [1.807, 2.05) is 0 Å². The second-order valence-corrected chi connectivity index (χ2v) is 6.20. The summed E-state index contributed by atoms with van der Waals surface area (Å²) in [5.74, 6) is 0.309. The highest BCUT2D eigenvalue weighted by Crippen LogP contribution is 2.31. The summed E-state index contributed by atoms with van der Waals surface area (Å²) >= 11 is 0. The van der Waals surface area contributed by atoms with E-state index in [1.54, 1.807) is 0 Å². The van der Waals surface area contributed by atoms with Gasteiger partial charge in [0.2, 0.25) is 0 Å². The molecule has 2 aromatic carbocycles. The van der Waals surface area contributed by atoms with Crippen LogP contribution in [0.15, 0.2) is 54.7 Å². The Morgan fingerprint density at radius 1 is 0.957 bits per heavy atom. The van der Waals surface area contributed by atoms with Crippen LogP contribution in [0.25, 0.3) is 21.8 Å². The minimum absolute atomic E-state index is 0.309. The van der Waals surface area contributed by atoms with E-state index in [2.05, 4.69) is 71.6 Å². The van der Waals surface area contributed by atoms with E-state index in [4.69, 9.17) is 5.73 Å². The van der Waals surface area contributed by atoms with E-state index < -0.39 is 0 Å². The summed E-state index contributed by atoms with van der Waals surface area (Å²) in [6.07, 6.45) is 3.07. The first-order chi connectivity index (χ1) is 11.3. The van der Waals surface area contributed by atoms with E-state index in [1.165, 1.54) is 38.6 Å². The molecule has 0 aliphatic rings. The molecule has 23 heavy (non-hydrogen) atoms. The molecular weight excluding hydrogens is 282 g/mol. The quantitative estimate of drug-likeness (QED) is 0.519. The maximum absolute atomic E-state index is 6.14. The van der Waals surface area contributed by atoms with Crippen molar-refractivity contribution < 1.29 is 0 Å². The number of para-hydroxylation sites is 2. The Bertz CT molecular complexity index is 961. The molecule has 0 saturated heterocycles. The Morgan fingerprint density at radius 3 is 2.43 bits per heavy atom. The molecule has 2 heterocycles. The Morgan fingerprint density at radius 2 is 1.65 bits per heavy atom. The monoisotopic (exact) mass is 303 g/mol. The molecule has 4 rings (SSSR count). The lowest BCUT2D eigenvalue weighted by atomic mass is 9.90. The molecule has 0 spiro atoms. The number of hydrogen-bond acceptors (Lipinski definition) is 1. The van der Waals surface area contributed by atoms with E-state index >= 15 is 0 Å². The van der Waals surface area contributed by atoms with Crippen LogP contribution in [-0.4, -0.2) is 16.5 Å². The van der Waals surface area contributed by atoms with Crippen LogP contribution in [0.2, 0.25) is 0 Å². The van der Waals surface area contributed by atoms with Gasteiger partial charge in [-0.25, -0.2) is 0 Å². The Balaban J connectivity index is 1.77. The van der Waals surface area contributed by atoms with Crippen molar-refractivity contribution in [2.24, 2.45) is 5.73 Å². The molecule has 4 aromatic rings. The number of nitrogens with two attached hydrogens (primary N) is 1. The highest BCUT2D eigenvalue weighted by molar-refractivity contribution is 5.86. The zero-order valence-electron chi connectivity index (χ0n) is 13.3. The molecule has 0 fully saturated rings. The number of H-pyrrole nitrogens is 2. The molecule has 1 atom stereocenters. The first kappa shape index (κ1) is 14.1. The fraction of sp³-hybridized carbons (Fsp3) is 0.200. The second-order valence-electron chi connectivity index (χ2n) is 6.20. The van der Waals surface area contributed by atoms with Crippen LogP contribution < -0.4 is 5.73 Å². The van der Waals surface area contributed by atoms with Crippen LogP contribution in [0.5, 0.6) is 0 Å². The van der Waals surface area contributed by atoms with Crippen molar-refractivity contribution in [2.75, 3.05) is 6.54 Å². The van der Waals surface area contributed by atoms with Gasteiger partial charge >= 0.3 is 0 Å². The third kappa shape index (κ3) is 2.34. The number of rotatable bonds is 4. The Kier molecular flexibility index (Phi) is 3.43. The van der Waals surface area contributed by atoms with Crippen molar-refractivity contribution in [3.05, 3.63) is 71.5 Å². The number of aromatic amines is 2. The van der Waals surface area contributed by atoms with Crippen molar-refractivity contribution in [1.29, 1.82) is 0 Å². The average Bonchev–Trinajstić information content (AvgIpc) is 3.14. The van der Waals surface area contributed by atoms with Gasteiger partial charge in [-0.2, -0.15) is 0 Å². The minimum Gasteiger partial charge on any atom is -0.361 e. The summed E-state index contributed by atoms with van der Waals surface area (Å²) in [5, 5.41) is 2.59.